The smallest absolute Gasteiger partial charge is 0.224 e. The molecule has 122 valence electrons. The van der Waals surface area contributed by atoms with Crippen LogP contribution in [0, 0.1) is 5.92 Å². The van der Waals surface area contributed by atoms with E-state index in [-0.39, 0.29) is 11.8 Å². The Morgan fingerprint density at radius 2 is 2.30 bits per heavy atom. The molecule has 1 fully saturated rings. The summed E-state index contributed by atoms with van der Waals surface area (Å²) in [6.45, 7) is 4.41. The highest BCUT2D eigenvalue weighted by Gasteiger charge is 2.26. The van der Waals surface area contributed by atoms with Crippen LogP contribution in [0.4, 0.5) is 5.82 Å². The highest BCUT2D eigenvalue weighted by Crippen LogP contribution is 2.23. The molecule has 1 amide bonds. The molecule has 0 spiro atoms. The van der Waals surface area contributed by atoms with Crippen molar-refractivity contribution in [2.24, 2.45) is 5.92 Å². The summed E-state index contributed by atoms with van der Waals surface area (Å²) >= 11 is 0. The summed E-state index contributed by atoms with van der Waals surface area (Å²) in [5.41, 5.74) is 0.716. The second kappa shape index (κ2) is 7.26. The van der Waals surface area contributed by atoms with E-state index < -0.39 is 0 Å². The van der Waals surface area contributed by atoms with Crippen LogP contribution in [0.3, 0.4) is 0 Å². The monoisotopic (exact) mass is 314 g/mol. The molecule has 3 rings (SSSR count). The van der Waals surface area contributed by atoms with Crippen LogP contribution in [0.5, 0.6) is 0 Å². The van der Waals surface area contributed by atoms with Crippen molar-refractivity contribution in [1.29, 1.82) is 0 Å². The van der Waals surface area contributed by atoms with Gasteiger partial charge in [0.05, 0.1) is 12.2 Å². The second-order valence-electron chi connectivity index (χ2n) is 5.83. The number of hydrogen-bond acceptors (Lipinski definition) is 5. The van der Waals surface area contributed by atoms with E-state index in [0.29, 0.717) is 18.0 Å². The summed E-state index contributed by atoms with van der Waals surface area (Å²) < 4.78 is 5.32. The fraction of sp³-hybridized carbons (Fsp3) is 0.471. The van der Waals surface area contributed by atoms with Gasteiger partial charge in [-0.05, 0) is 43.5 Å². The van der Waals surface area contributed by atoms with E-state index in [4.69, 9.17) is 4.42 Å². The van der Waals surface area contributed by atoms with Gasteiger partial charge in [-0.1, -0.05) is 6.92 Å². The van der Waals surface area contributed by atoms with Crippen molar-refractivity contribution in [3.8, 4) is 11.5 Å². The summed E-state index contributed by atoms with van der Waals surface area (Å²) in [5.74, 6) is 1.70. The Hall–Kier alpha value is -2.37. The summed E-state index contributed by atoms with van der Waals surface area (Å²) in [4.78, 5) is 14.3. The number of piperidine rings is 1. The molecule has 1 N–H and O–H groups in total. The van der Waals surface area contributed by atoms with Crippen LogP contribution in [0.1, 0.15) is 26.2 Å². The van der Waals surface area contributed by atoms with Crippen molar-refractivity contribution in [3.63, 3.8) is 0 Å². The van der Waals surface area contributed by atoms with Gasteiger partial charge >= 0.3 is 0 Å². The highest BCUT2D eigenvalue weighted by molar-refractivity contribution is 5.79. The molecule has 2 aromatic heterocycles. The first kappa shape index (κ1) is 15.5. The minimum Gasteiger partial charge on any atom is -0.463 e. The summed E-state index contributed by atoms with van der Waals surface area (Å²) in [5, 5.41) is 11.5. The number of rotatable bonds is 5. The van der Waals surface area contributed by atoms with Gasteiger partial charge in [0, 0.05) is 19.6 Å². The van der Waals surface area contributed by atoms with Crippen LogP contribution in [-0.4, -0.2) is 35.7 Å². The zero-order valence-electron chi connectivity index (χ0n) is 13.4. The highest BCUT2D eigenvalue weighted by atomic mass is 16.3. The largest absolute Gasteiger partial charge is 0.463 e. The van der Waals surface area contributed by atoms with Gasteiger partial charge in [-0.3, -0.25) is 4.79 Å². The Morgan fingerprint density at radius 3 is 3.00 bits per heavy atom. The van der Waals surface area contributed by atoms with Crippen LogP contribution in [0.25, 0.3) is 11.5 Å². The van der Waals surface area contributed by atoms with Crippen molar-refractivity contribution in [3.05, 3.63) is 30.5 Å². The van der Waals surface area contributed by atoms with E-state index in [1.165, 1.54) is 0 Å². The van der Waals surface area contributed by atoms with Gasteiger partial charge in [0.15, 0.2) is 11.6 Å². The topological polar surface area (TPSA) is 71.3 Å². The standard InChI is InChI=1S/C17H22N4O2/c1-2-9-18-17(22)13-5-3-10-21(12-13)16-8-7-14(19-20-16)15-6-4-11-23-15/h4,6-8,11,13H,2-3,5,9-10,12H2,1H3,(H,18,22). The Balaban J connectivity index is 1.65. The lowest BCUT2D eigenvalue weighted by molar-refractivity contribution is -0.125. The number of hydrogen-bond donors (Lipinski definition) is 1. The van der Waals surface area contributed by atoms with Crippen LogP contribution >= 0.6 is 0 Å². The van der Waals surface area contributed by atoms with Crippen LogP contribution in [0.15, 0.2) is 34.9 Å². The molecule has 0 aliphatic carbocycles. The van der Waals surface area contributed by atoms with E-state index in [0.717, 1.165) is 38.2 Å². The number of nitrogens with zero attached hydrogens (tertiary/aromatic N) is 3. The fourth-order valence-corrected chi connectivity index (χ4v) is 2.84. The number of aromatic nitrogens is 2. The Labute approximate surface area is 135 Å². The van der Waals surface area contributed by atoms with E-state index in [2.05, 4.69) is 27.3 Å². The van der Waals surface area contributed by atoms with Crippen LogP contribution in [-0.2, 0) is 4.79 Å². The lowest BCUT2D eigenvalue weighted by Crippen LogP contribution is -2.43. The molecule has 1 aliphatic heterocycles. The molecular formula is C17H22N4O2. The molecule has 6 heteroatoms. The van der Waals surface area contributed by atoms with E-state index >= 15 is 0 Å². The first-order chi connectivity index (χ1) is 11.3. The minimum atomic E-state index is 0.0295. The molecule has 1 saturated heterocycles. The molecule has 0 radical (unpaired) electrons. The summed E-state index contributed by atoms with van der Waals surface area (Å²) in [6, 6.07) is 7.53. The van der Waals surface area contributed by atoms with Crippen molar-refractivity contribution in [2.75, 3.05) is 24.5 Å². The number of anilines is 1. The number of carbonyl (C=O) groups is 1. The van der Waals surface area contributed by atoms with Crippen molar-refractivity contribution >= 4 is 11.7 Å². The maximum atomic E-state index is 12.2. The van der Waals surface area contributed by atoms with Crippen LogP contribution < -0.4 is 10.2 Å². The van der Waals surface area contributed by atoms with E-state index in [9.17, 15) is 4.79 Å². The average molecular weight is 314 g/mol. The van der Waals surface area contributed by atoms with Crippen molar-refractivity contribution in [1.82, 2.24) is 15.5 Å². The second-order valence-corrected chi connectivity index (χ2v) is 5.83. The quantitative estimate of drug-likeness (QED) is 0.918. The Bertz CT molecular complexity index is 625. The Morgan fingerprint density at radius 1 is 1.39 bits per heavy atom. The lowest BCUT2D eigenvalue weighted by atomic mass is 9.97. The third-order valence-corrected chi connectivity index (χ3v) is 4.09. The Kier molecular flexibility index (Phi) is 4.90. The molecule has 1 atom stereocenters. The fourth-order valence-electron chi connectivity index (χ4n) is 2.84. The average Bonchev–Trinajstić information content (AvgIpc) is 3.14. The maximum Gasteiger partial charge on any atom is 0.224 e. The van der Waals surface area contributed by atoms with E-state index in [1.54, 1.807) is 6.26 Å². The first-order valence-electron chi connectivity index (χ1n) is 8.18. The van der Waals surface area contributed by atoms with Gasteiger partial charge in [0.25, 0.3) is 0 Å². The van der Waals surface area contributed by atoms with Gasteiger partial charge in [-0.15, -0.1) is 10.2 Å². The SMILES string of the molecule is CCCNC(=O)C1CCCN(c2ccc(-c3ccco3)nn2)C1. The van der Waals surface area contributed by atoms with E-state index in [1.807, 2.05) is 24.3 Å². The number of furan rings is 1. The predicted octanol–water partition coefficient (Wildman–Crippen LogP) is 2.48. The molecule has 2 aromatic rings. The van der Waals surface area contributed by atoms with Crippen molar-refractivity contribution < 1.29 is 9.21 Å². The maximum absolute atomic E-state index is 12.2. The molecular weight excluding hydrogens is 292 g/mol. The van der Waals surface area contributed by atoms with Gasteiger partial charge in [-0.2, -0.15) is 0 Å². The molecule has 6 nitrogen and oxygen atoms in total. The van der Waals surface area contributed by atoms with Gasteiger partial charge in [0.2, 0.25) is 5.91 Å². The lowest BCUT2D eigenvalue weighted by Gasteiger charge is -2.32. The van der Waals surface area contributed by atoms with Crippen LogP contribution in [0.2, 0.25) is 0 Å². The van der Waals surface area contributed by atoms with Gasteiger partial charge in [0.1, 0.15) is 5.69 Å². The van der Waals surface area contributed by atoms with Crippen molar-refractivity contribution in [2.45, 2.75) is 26.2 Å². The molecule has 0 aromatic carbocycles. The third-order valence-electron chi connectivity index (χ3n) is 4.09. The molecule has 1 unspecified atom stereocenters. The molecule has 23 heavy (non-hydrogen) atoms. The zero-order valence-corrected chi connectivity index (χ0v) is 13.4. The molecule has 3 heterocycles. The third kappa shape index (κ3) is 3.70. The predicted molar refractivity (Wildman–Crippen MR) is 88.0 cm³/mol. The minimum absolute atomic E-state index is 0.0295. The number of amides is 1. The normalized spacial score (nSPS) is 18.0. The first-order valence-corrected chi connectivity index (χ1v) is 8.18. The molecule has 0 saturated carbocycles. The van der Waals surface area contributed by atoms with Gasteiger partial charge < -0.3 is 14.6 Å². The number of carbonyl (C=O) groups excluding carboxylic acids is 1. The number of nitrogens with one attached hydrogen (secondary N) is 1. The van der Waals surface area contributed by atoms with Gasteiger partial charge in [-0.25, -0.2) is 0 Å². The zero-order chi connectivity index (χ0) is 16.1. The summed E-state index contributed by atoms with van der Waals surface area (Å²) in [6.07, 6.45) is 4.51. The molecule has 0 bridgehead atoms. The summed E-state index contributed by atoms with van der Waals surface area (Å²) in [7, 11) is 0. The molecule has 1 aliphatic rings.